The van der Waals surface area contributed by atoms with Crippen molar-refractivity contribution in [2.24, 2.45) is 11.8 Å². The molecule has 0 aromatic heterocycles. The number of hydrogen-bond acceptors (Lipinski definition) is 2. The minimum Gasteiger partial charge on any atom is -0.315 e. The van der Waals surface area contributed by atoms with Crippen molar-refractivity contribution in [1.29, 1.82) is 0 Å². The van der Waals surface area contributed by atoms with Gasteiger partial charge < -0.3 is 10.2 Å². The van der Waals surface area contributed by atoms with Crippen LogP contribution >= 0.6 is 0 Å². The van der Waals surface area contributed by atoms with Gasteiger partial charge in [0.05, 0.1) is 0 Å². The Hall–Kier alpha value is -0.0800. The second-order valence-corrected chi connectivity index (χ2v) is 5.96. The van der Waals surface area contributed by atoms with Crippen LogP contribution < -0.4 is 5.32 Å². The van der Waals surface area contributed by atoms with E-state index >= 15 is 0 Å². The highest BCUT2D eigenvalue weighted by atomic mass is 15.1. The fourth-order valence-electron chi connectivity index (χ4n) is 3.16. The first kappa shape index (κ1) is 12.4. The van der Waals surface area contributed by atoms with Gasteiger partial charge >= 0.3 is 0 Å². The standard InChI is InChI=1S/C14H28N2/c1-15-14(13-6-4-3-5-7-13)11-16(2)10-12-8-9-12/h12-15H,3-11H2,1-2H3. The Morgan fingerprint density at radius 2 is 1.81 bits per heavy atom. The van der Waals surface area contributed by atoms with Gasteiger partial charge in [-0.3, -0.25) is 0 Å². The summed E-state index contributed by atoms with van der Waals surface area (Å²) in [7, 11) is 4.44. The summed E-state index contributed by atoms with van der Waals surface area (Å²) in [6, 6.07) is 0.726. The molecular formula is C14H28N2. The van der Waals surface area contributed by atoms with Gasteiger partial charge in [0.1, 0.15) is 0 Å². The molecule has 0 spiro atoms. The molecule has 1 atom stereocenters. The first-order valence-electron chi connectivity index (χ1n) is 7.15. The van der Waals surface area contributed by atoms with Crippen molar-refractivity contribution in [2.45, 2.75) is 51.0 Å². The molecule has 0 saturated heterocycles. The van der Waals surface area contributed by atoms with Crippen LogP contribution in [0.3, 0.4) is 0 Å². The Labute approximate surface area is 101 Å². The molecule has 2 aliphatic carbocycles. The smallest absolute Gasteiger partial charge is 0.0220 e. The van der Waals surface area contributed by atoms with Gasteiger partial charge in [-0.25, -0.2) is 0 Å². The number of rotatable bonds is 6. The van der Waals surface area contributed by atoms with Crippen LogP contribution in [0, 0.1) is 11.8 Å². The lowest BCUT2D eigenvalue weighted by Gasteiger charge is -2.33. The van der Waals surface area contributed by atoms with Crippen molar-refractivity contribution in [3.8, 4) is 0 Å². The van der Waals surface area contributed by atoms with Crippen molar-refractivity contribution >= 4 is 0 Å². The largest absolute Gasteiger partial charge is 0.315 e. The van der Waals surface area contributed by atoms with Gasteiger partial charge in [0, 0.05) is 19.1 Å². The summed E-state index contributed by atoms with van der Waals surface area (Å²) in [6.45, 7) is 2.57. The number of likely N-dealkylation sites (N-methyl/N-ethyl adjacent to an activating group) is 2. The molecule has 0 heterocycles. The van der Waals surface area contributed by atoms with Crippen LogP contribution in [0.5, 0.6) is 0 Å². The zero-order valence-electron chi connectivity index (χ0n) is 11.0. The molecule has 2 aliphatic rings. The normalized spacial score (nSPS) is 24.9. The van der Waals surface area contributed by atoms with Gasteiger partial charge in [0.25, 0.3) is 0 Å². The molecule has 16 heavy (non-hydrogen) atoms. The van der Waals surface area contributed by atoms with E-state index in [1.807, 2.05) is 0 Å². The molecule has 2 saturated carbocycles. The summed E-state index contributed by atoms with van der Waals surface area (Å²) < 4.78 is 0. The molecule has 2 nitrogen and oxygen atoms in total. The third-order valence-electron chi connectivity index (χ3n) is 4.36. The second-order valence-electron chi connectivity index (χ2n) is 5.96. The van der Waals surface area contributed by atoms with E-state index in [2.05, 4.69) is 24.3 Å². The van der Waals surface area contributed by atoms with Crippen LogP contribution in [0.2, 0.25) is 0 Å². The van der Waals surface area contributed by atoms with Gasteiger partial charge in [-0.05, 0) is 51.6 Å². The van der Waals surface area contributed by atoms with Gasteiger partial charge in [-0.2, -0.15) is 0 Å². The summed E-state index contributed by atoms with van der Waals surface area (Å²) >= 11 is 0. The molecule has 0 bridgehead atoms. The maximum absolute atomic E-state index is 3.55. The Morgan fingerprint density at radius 1 is 1.12 bits per heavy atom. The molecule has 0 aromatic carbocycles. The summed E-state index contributed by atoms with van der Waals surface area (Å²) in [4.78, 5) is 2.55. The topological polar surface area (TPSA) is 15.3 Å². The minimum absolute atomic E-state index is 0.726. The molecule has 0 radical (unpaired) electrons. The molecule has 0 aromatic rings. The van der Waals surface area contributed by atoms with E-state index in [1.165, 1.54) is 58.0 Å². The molecule has 1 unspecified atom stereocenters. The van der Waals surface area contributed by atoms with Crippen molar-refractivity contribution in [2.75, 3.05) is 27.2 Å². The lowest BCUT2D eigenvalue weighted by atomic mass is 9.83. The lowest BCUT2D eigenvalue weighted by Crippen LogP contribution is -2.44. The Bertz CT molecular complexity index is 195. The third kappa shape index (κ3) is 3.74. The van der Waals surface area contributed by atoms with E-state index in [0.29, 0.717) is 0 Å². The fraction of sp³-hybridized carbons (Fsp3) is 1.00. The SMILES string of the molecule is CNC(CN(C)CC1CC1)C1CCCCC1. The summed E-state index contributed by atoms with van der Waals surface area (Å²) in [5, 5.41) is 3.55. The van der Waals surface area contributed by atoms with Crippen LogP contribution in [0.1, 0.15) is 44.9 Å². The van der Waals surface area contributed by atoms with E-state index in [1.54, 1.807) is 0 Å². The van der Waals surface area contributed by atoms with Crippen molar-refractivity contribution < 1.29 is 0 Å². The van der Waals surface area contributed by atoms with Gasteiger partial charge in [-0.15, -0.1) is 0 Å². The van der Waals surface area contributed by atoms with Crippen molar-refractivity contribution in [1.82, 2.24) is 10.2 Å². The van der Waals surface area contributed by atoms with Crippen LogP contribution in [-0.4, -0.2) is 38.1 Å². The molecule has 0 amide bonds. The van der Waals surface area contributed by atoms with Crippen molar-refractivity contribution in [3.05, 3.63) is 0 Å². The molecule has 0 aliphatic heterocycles. The summed E-state index contributed by atoms with van der Waals surface area (Å²) in [5.41, 5.74) is 0. The van der Waals surface area contributed by atoms with Gasteiger partial charge in [0.2, 0.25) is 0 Å². The van der Waals surface area contributed by atoms with Crippen LogP contribution in [0.25, 0.3) is 0 Å². The van der Waals surface area contributed by atoms with Crippen LogP contribution in [0.4, 0.5) is 0 Å². The highest BCUT2D eigenvalue weighted by Crippen LogP contribution is 2.30. The van der Waals surface area contributed by atoms with E-state index in [9.17, 15) is 0 Å². The predicted molar refractivity (Wildman–Crippen MR) is 69.6 cm³/mol. The zero-order valence-corrected chi connectivity index (χ0v) is 11.0. The monoisotopic (exact) mass is 224 g/mol. The maximum Gasteiger partial charge on any atom is 0.0220 e. The number of nitrogens with one attached hydrogen (secondary N) is 1. The first-order valence-corrected chi connectivity index (χ1v) is 7.15. The predicted octanol–water partition coefficient (Wildman–Crippen LogP) is 2.50. The molecule has 94 valence electrons. The molecule has 2 heteroatoms. The maximum atomic E-state index is 3.55. The third-order valence-corrected chi connectivity index (χ3v) is 4.36. The average molecular weight is 224 g/mol. The van der Waals surface area contributed by atoms with Gasteiger partial charge in [0.15, 0.2) is 0 Å². The Kier molecular flexibility index (Phi) is 4.66. The highest BCUT2D eigenvalue weighted by Gasteiger charge is 2.26. The molecule has 2 rings (SSSR count). The van der Waals surface area contributed by atoms with E-state index in [0.717, 1.165) is 17.9 Å². The molecular weight excluding hydrogens is 196 g/mol. The summed E-state index contributed by atoms with van der Waals surface area (Å²) in [6.07, 6.45) is 10.2. The zero-order chi connectivity index (χ0) is 11.4. The minimum atomic E-state index is 0.726. The average Bonchev–Trinajstić information content (AvgIpc) is 3.11. The molecule has 2 fully saturated rings. The number of nitrogens with zero attached hydrogens (tertiary/aromatic N) is 1. The van der Waals surface area contributed by atoms with Gasteiger partial charge in [-0.1, -0.05) is 19.3 Å². The Balaban J connectivity index is 1.73. The van der Waals surface area contributed by atoms with E-state index in [-0.39, 0.29) is 0 Å². The fourth-order valence-corrected chi connectivity index (χ4v) is 3.16. The van der Waals surface area contributed by atoms with Crippen molar-refractivity contribution in [3.63, 3.8) is 0 Å². The van der Waals surface area contributed by atoms with Crippen LogP contribution in [0.15, 0.2) is 0 Å². The molecule has 1 N–H and O–H groups in total. The Morgan fingerprint density at radius 3 is 2.38 bits per heavy atom. The first-order chi connectivity index (χ1) is 7.79. The van der Waals surface area contributed by atoms with E-state index < -0.39 is 0 Å². The van der Waals surface area contributed by atoms with Crippen LogP contribution in [-0.2, 0) is 0 Å². The lowest BCUT2D eigenvalue weighted by molar-refractivity contribution is 0.208. The highest BCUT2D eigenvalue weighted by molar-refractivity contribution is 4.83. The van der Waals surface area contributed by atoms with E-state index in [4.69, 9.17) is 0 Å². The summed E-state index contributed by atoms with van der Waals surface area (Å²) in [5.74, 6) is 1.95. The number of hydrogen-bond donors (Lipinski definition) is 1. The quantitative estimate of drug-likeness (QED) is 0.746. The second kappa shape index (κ2) is 6.02.